The number of allylic oxidation sites excluding steroid dienone is 1. The third kappa shape index (κ3) is 4.78. The van der Waals surface area contributed by atoms with Crippen LogP contribution in [0.15, 0.2) is 83.4 Å². The number of hydrogen-bond donors (Lipinski definition) is 0. The molecule has 176 valence electrons. The topological polar surface area (TPSA) is 56.6 Å². The van der Waals surface area contributed by atoms with Gasteiger partial charge in [-0.2, -0.15) is 5.26 Å². The van der Waals surface area contributed by atoms with E-state index >= 15 is 0 Å². The Balaban J connectivity index is 1.33. The summed E-state index contributed by atoms with van der Waals surface area (Å²) in [5.74, 6) is 1.28. The summed E-state index contributed by atoms with van der Waals surface area (Å²) >= 11 is 1.57. The second kappa shape index (κ2) is 9.89. The third-order valence-corrected chi connectivity index (χ3v) is 7.83. The van der Waals surface area contributed by atoms with Crippen molar-refractivity contribution in [3.05, 3.63) is 106 Å². The molecule has 6 heteroatoms. The van der Waals surface area contributed by atoms with Crippen molar-refractivity contribution in [2.75, 3.05) is 17.4 Å². The summed E-state index contributed by atoms with van der Waals surface area (Å²) in [4.78, 5) is 17.2. The first-order chi connectivity index (χ1) is 17.0. The number of carbonyl (C=O) groups excluding carboxylic acids is 1. The molecule has 3 aromatic rings. The number of nitriles is 1. The minimum atomic E-state index is -0.234. The Labute approximate surface area is 210 Å². The second-order valence-electron chi connectivity index (χ2n) is 8.98. The highest BCUT2D eigenvalue weighted by atomic mass is 32.2. The number of amides is 1. The van der Waals surface area contributed by atoms with E-state index < -0.39 is 0 Å². The Morgan fingerprint density at radius 2 is 1.80 bits per heavy atom. The monoisotopic (exact) mass is 481 g/mol. The third-order valence-electron chi connectivity index (χ3n) is 6.68. The summed E-state index contributed by atoms with van der Waals surface area (Å²) in [6, 6.07) is 26.6. The highest BCUT2D eigenvalue weighted by molar-refractivity contribution is 8.03. The number of carbonyl (C=O) groups is 1. The summed E-state index contributed by atoms with van der Waals surface area (Å²) in [5, 5.41) is 10.9. The Morgan fingerprint density at radius 1 is 1.03 bits per heavy atom. The first kappa shape index (κ1) is 23.1. The van der Waals surface area contributed by atoms with E-state index in [1.807, 2.05) is 54.6 Å². The van der Waals surface area contributed by atoms with Crippen molar-refractivity contribution in [3.8, 4) is 11.8 Å². The van der Waals surface area contributed by atoms with Gasteiger partial charge < -0.3 is 9.64 Å². The number of fused-ring (bicyclic) bond motifs is 1. The average molecular weight is 482 g/mol. The van der Waals surface area contributed by atoms with Crippen molar-refractivity contribution < 1.29 is 9.53 Å². The van der Waals surface area contributed by atoms with E-state index in [0.29, 0.717) is 24.7 Å². The quantitative estimate of drug-likeness (QED) is 0.441. The molecule has 0 bridgehead atoms. The lowest BCUT2D eigenvalue weighted by molar-refractivity contribution is -0.129. The number of hydrogen-bond acceptors (Lipinski definition) is 5. The van der Waals surface area contributed by atoms with Crippen LogP contribution in [0.5, 0.6) is 5.75 Å². The molecule has 5 nitrogen and oxygen atoms in total. The van der Waals surface area contributed by atoms with Crippen molar-refractivity contribution in [3.63, 3.8) is 0 Å². The van der Waals surface area contributed by atoms with Crippen molar-refractivity contribution in [1.29, 1.82) is 5.26 Å². The molecule has 0 aliphatic carbocycles. The predicted molar refractivity (Wildman–Crippen MR) is 140 cm³/mol. The first-order valence-electron chi connectivity index (χ1n) is 11.7. The number of rotatable bonds is 5. The number of aryl methyl sites for hydroxylation is 2. The lowest BCUT2D eigenvalue weighted by Crippen LogP contribution is -2.47. The highest BCUT2D eigenvalue weighted by Crippen LogP contribution is 2.43. The van der Waals surface area contributed by atoms with Crippen LogP contribution in [0.2, 0.25) is 0 Å². The van der Waals surface area contributed by atoms with E-state index in [1.54, 1.807) is 16.7 Å². The molecule has 0 aromatic heterocycles. The van der Waals surface area contributed by atoms with E-state index in [-0.39, 0.29) is 18.2 Å². The molecule has 2 aliphatic heterocycles. The molecule has 1 fully saturated rings. The molecule has 1 atom stereocenters. The molecule has 35 heavy (non-hydrogen) atoms. The van der Waals surface area contributed by atoms with Gasteiger partial charge in [-0.3, -0.25) is 9.69 Å². The van der Waals surface area contributed by atoms with Gasteiger partial charge in [0, 0.05) is 18.0 Å². The van der Waals surface area contributed by atoms with Gasteiger partial charge in [0.15, 0.2) is 0 Å². The average Bonchev–Trinajstić information content (AvgIpc) is 2.90. The lowest BCUT2D eigenvalue weighted by Gasteiger charge is -2.42. The van der Waals surface area contributed by atoms with Crippen LogP contribution in [0, 0.1) is 25.2 Å². The number of benzene rings is 3. The Bertz CT molecular complexity index is 1310. The van der Waals surface area contributed by atoms with E-state index in [0.717, 1.165) is 27.6 Å². The minimum Gasteiger partial charge on any atom is -0.489 e. The van der Waals surface area contributed by atoms with Crippen LogP contribution >= 0.6 is 11.8 Å². The Kier molecular flexibility index (Phi) is 6.52. The molecular weight excluding hydrogens is 454 g/mol. The second-order valence-corrected chi connectivity index (χ2v) is 9.91. The number of nitrogens with zero attached hydrogens (tertiary/aromatic N) is 3. The number of anilines is 1. The van der Waals surface area contributed by atoms with Crippen molar-refractivity contribution in [2.45, 2.75) is 32.8 Å². The molecule has 0 N–H and O–H groups in total. The van der Waals surface area contributed by atoms with Gasteiger partial charge in [0.2, 0.25) is 5.91 Å². The number of thioether (sulfide) groups is 1. The van der Waals surface area contributed by atoms with Gasteiger partial charge in [-0.15, -0.1) is 0 Å². The zero-order valence-electron chi connectivity index (χ0n) is 19.9. The SMILES string of the molecule is Cc1ccc(N2CSC3=C(C#N)[C@H](c4ccc(OCc5ccccc5)cc4)CC(=O)N3C2)cc1C. The maximum Gasteiger partial charge on any atom is 0.229 e. The van der Waals surface area contributed by atoms with Crippen LogP contribution in [0.4, 0.5) is 5.69 Å². The molecule has 0 unspecified atom stereocenters. The van der Waals surface area contributed by atoms with Crippen LogP contribution in [-0.2, 0) is 11.4 Å². The van der Waals surface area contributed by atoms with Gasteiger partial charge in [-0.1, -0.05) is 60.3 Å². The van der Waals surface area contributed by atoms with Gasteiger partial charge in [-0.25, -0.2) is 0 Å². The largest absolute Gasteiger partial charge is 0.489 e. The zero-order valence-corrected chi connectivity index (χ0v) is 20.7. The van der Waals surface area contributed by atoms with Crippen LogP contribution in [0.3, 0.4) is 0 Å². The molecule has 0 spiro atoms. The summed E-state index contributed by atoms with van der Waals surface area (Å²) < 4.78 is 5.90. The van der Waals surface area contributed by atoms with Crippen molar-refractivity contribution in [2.24, 2.45) is 0 Å². The lowest BCUT2D eigenvalue weighted by atomic mass is 9.86. The van der Waals surface area contributed by atoms with E-state index in [4.69, 9.17) is 4.74 Å². The van der Waals surface area contributed by atoms with Crippen molar-refractivity contribution in [1.82, 2.24) is 4.90 Å². The molecule has 1 amide bonds. The summed E-state index contributed by atoms with van der Waals surface area (Å²) in [6.07, 6.45) is 0.290. The predicted octanol–water partition coefficient (Wildman–Crippen LogP) is 6.10. The normalized spacial score (nSPS) is 17.7. The van der Waals surface area contributed by atoms with Gasteiger partial charge in [0.05, 0.1) is 29.2 Å². The Morgan fingerprint density at radius 3 is 2.51 bits per heavy atom. The van der Waals surface area contributed by atoms with Crippen LogP contribution < -0.4 is 9.64 Å². The van der Waals surface area contributed by atoms with Crippen LogP contribution in [-0.4, -0.2) is 23.4 Å². The van der Waals surface area contributed by atoms with Gasteiger partial charge in [0.25, 0.3) is 0 Å². The molecule has 0 radical (unpaired) electrons. The van der Waals surface area contributed by atoms with Crippen LogP contribution in [0.25, 0.3) is 0 Å². The molecule has 1 saturated heterocycles. The van der Waals surface area contributed by atoms with Gasteiger partial charge >= 0.3 is 0 Å². The molecule has 3 aromatic carbocycles. The highest BCUT2D eigenvalue weighted by Gasteiger charge is 2.38. The van der Waals surface area contributed by atoms with Gasteiger partial charge in [0.1, 0.15) is 12.4 Å². The van der Waals surface area contributed by atoms with Gasteiger partial charge in [-0.05, 0) is 60.4 Å². The zero-order chi connectivity index (χ0) is 24.4. The Hall–Kier alpha value is -3.69. The van der Waals surface area contributed by atoms with Crippen molar-refractivity contribution >= 4 is 23.4 Å². The van der Waals surface area contributed by atoms with E-state index in [1.165, 1.54) is 11.1 Å². The van der Waals surface area contributed by atoms with E-state index in [2.05, 4.69) is 43.0 Å². The maximum atomic E-state index is 13.2. The molecule has 0 saturated carbocycles. The molecular formula is C29H27N3O2S. The maximum absolute atomic E-state index is 13.2. The standard InChI is InChI=1S/C29H27N3O2S/c1-20-8-11-24(14-21(20)2)31-18-32-28(33)15-26(27(16-30)29(32)35-19-31)23-9-12-25(13-10-23)34-17-22-6-4-3-5-7-22/h3-14,26H,15,17-19H2,1-2H3/t26-/m0/s1. The molecule has 2 heterocycles. The first-order valence-corrected chi connectivity index (χ1v) is 12.7. The van der Waals surface area contributed by atoms with E-state index in [9.17, 15) is 10.1 Å². The van der Waals surface area contributed by atoms with Crippen LogP contribution in [0.1, 0.15) is 34.6 Å². The fraction of sp³-hybridized carbons (Fsp3) is 0.241. The summed E-state index contributed by atoms with van der Waals surface area (Å²) in [6.45, 7) is 5.16. The molecule has 2 aliphatic rings. The minimum absolute atomic E-state index is 0.0504. The fourth-order valence-electron chi connectivity index (χ4n) is 4.47. The number of ether oxygens (including phenoxy) is 1. The summed E-state index contributed by atoms with van der Waals surface area (Å²) in [7, 11) is 0. The fourth-order valence-corrected chi connectivity index (χ4v) is 5.64. The smallest absolute Gasteiger partial charge is 0.229 e. The summed E-state index contributed by atoms with van der Waals surface area (Å²) in [5.41, 5.74) is 6.32. The molecule has 5 rings (SSSR count).